The zero-order valence-electron chi connectivity index (χ0n) is 14.2. The van der Waals surface area contributed by atoms with Crippen molar-refractivity contribution < 1.29 is 13.5 Å². The third-order valence-electron chi connectivity index (χ3n) is 3.38. The summed E-state index contributed by atoms with van der Waals surface area (Å²) in [4.78, 5) is 4.44. The summed E-state index contributed by atoms with van der Waals surface area (Å²) in [5, 5.41) is 6.08. The highest BCUT2D eigenvalue weighted by atomic mass is 127. The molecule has 0 fully saturated rings. The van der Waals surface area contributed by atoms with Gasteiger partial charge in [-0.2, -0.15) is 0 Å². The zero-order valence-corrected chi connectivity index (χ0v) is 16.5. The lowest BCUT2D eigenvalue weighted by Crippen LogP contribution is -2.37. The second kappa shape index (κ2) is 10.9. The van der Waals surface area contributed by atoms with Gasteiger partial charge in [0.2, 0.25) is 0 Å². The van der Waals surface area contributed by atoms with E-state index in [4.69, 9.17) is 4.74 Å². The Morgan fingerprint density at radius 3 is 2.44 bits per heavy atom. The number of hydrogen-bond acceptors (Lipinski definition) is 2. The fraction of sp³-hybridized carbons (Fsp3) is 0.278. The lowest BCUT2D eigenvalue weighted by atomic mass is 10.2. The number of hydrogen-bond donors (Lipinski definition) is 2. The van der Waals surface area contributed by atoms with Gasteiger partial charge in [-0.05, 0) is 42.8 Å². The fourth-order valence-electron chi connectivity index (χ4n) is 2.10. The first kappa shape index (κ1) is 21.1. The van der Waals surface area contributed by atoms with Gasteiger partial charge in [0.25, 0.3) is 0 Å². The number of aliphatic imine (C=N–C) groups is 1. The molecule has 0 bridgehead atoms. The van der Waals surface area contributed by atoms with Crippen LogP contribution in [0.15, 0.2) is 47.5 Å². The minimum absolute atomic E-state index is 0. The molecule has 4 nitrogen and oxygen atoms in total. The van der Waals surface area contributed by atoms with Crippen LogP contribution in [0.5, 0.6) is 5.75 Å². The molecular formula is C18H22F2IN3O. The summed E-state index contributed by atoms with van der Waals surface area (Å²) in [5.41, 5.74) is 1.27. The molecule has 0 aliphatic heterocycles. The quantitative estimate of drug-likeness (QED) is 0.391. The number of guanidine groups is 1. The van der Waals surface area contributed by atoms with Crippen LogP contribution < -0.4 is 15.4 Å². The Bertz CT molecular complexity index is 693. The second-order valence-electron chi connectivity index (χ2n) is 5.13. The first-order valence-electron chi connectivity index (χ1n) is 7.71. The Hall–Kier alpha value is -1.90. The van der Waals surface area contributed by atoms with Crippen LogP contribution in [0.2, 0.25) is 0 Å². The molecule has 0 unspecified atom stereocenters. The number of ether oxygens (including phenoxy) is 1. The van der Waals surface area contributed by atoms with E-state index in [1.165, 1.54) is 6.07 Å². The number of nitrogens with zero attached hydrogens (tertiary/aromatic N) is 1. The third kappa shape index (κ3) is 6.85. The molecule has 7 heteroatoms. The average Bonchev–Trinajstić information content (AvgIpc) is 2.60. The summed E-state index contributed by atoms with van der Waals surface area (Å²) in [6.45, 7) is 3.22. The topological polar surface area (TPSA) is 45.7 Å². The maximum Gasteiger partial charge on any atom is 0.191 e. The lowest BCUT2D eigenvalue weighted by Gasteiger charge is -2.12. The minimum atomic E-state index is -0.464. The summed E-state index contributed by atoms with van der Waals surface area (Å²) < 4.78 is 32.0. The number of nitrogens with one attached hydrogen (secondary N) is 2. The van der Waals surface area contributed by atoms with Crippen LogP contribution in [0.25, 0.3) is 0 Å². The van der Waals surface area contributed by atoms with Gasteiger partial charge in [0.05, 0.1) is 13.7 Å². The van der Waals surface area contributed by atoms with E-state index in [1.807, 2.05) is 31.2 Å². The van der Waals surface area contributed by atoms with Gasteiger partial charge >= 0.3 is 0 Å². The van der Waals surface area contributed by atoms with E-state index >= 15 is 0 Å². The Kier molecular flexibility index (Phi) is 9.18. The highest BCUT2D eigenvalue weighted by molar-refractivity contribution is 14.0. The molecule has 0 aliphatic rings. The summed E-state index contributed by atoms with van der Waals surface area (Å²) in [6.07, 6.45) is 0. The van der Waals surface area contributed by atoms with Crippen LogP contribution in [0.4, 0.5) is 8.78 Å². The monoisotopic (exact) mass is 461 g/mol. The lowest BCUT2D eigenvalue weighted by molar-refractivity contribution is 0.414. The van der Waals surface area contributed by atoms with Gasteiger partial charge in [-0.15, -0.1) is 24.0 Å². The van der Waals surface area contributed by atoms with Crippen molar-refractivity contribution in [3.8, 4) is 5.75 Å². The Labute approximate surface area is 163 Å². The maximum absolute atomic E-state index is 13.6. The predicted octanol–water partition coefficient (Wildman–Crippen LogP) is 3.85. The largest absolute Gasteiger partial charge is 0.497 e. The first-order valence-corrected chi connectivity index (χ1v) is 7.71. The number of benzene rings is 2. The van der Waals surface area contributed by atoms with Crippen molar-refractivity contribution in [3.63, 3.8) is 0 Å². The van der Waals surface area contributed by atoms with Crippen LogP contribution in [-0.2, 0) is 13.1 Å². The van der Waals surface area contributed by atoms with Crippen LogP contribution >= 0.6 is 24.0 Å². The molecule has 0 radical (unpaired) electrons. The summed E-state index contributed by atoms with van der Waals surface area (Å²) in [7, 11) is 1.62. The van der Waals surface area contributed by atoms with Crippen LogP contribution in [-0.4, -0.2) is 19.6 Å². The van der Waals surface area contributed by atoms with E-state index in [0.29, 0.717) is 19.0 Å². The number of rotatable bonds is 6. The highest BCUT2D eigenvalue weighted by Crippen LogP contribution is 2.12. The van der Waals surface area contributed by atoms with Gasteiger partial charge in [-0.25, -0.2) is 13.8 Å². The van der Waals surface area contributed by atoms with Gasteiger partial charge in [-0.3, -0.25) is 0 Å². The maximum atomic E-state index is 13.6. The third-order valence-corrected chi connectivity index (χ3v) is 3.38. The molecular weight excluding hydrogens is 439 g/mol. The van der Waals surface area contributed by atoms with Crippen molar-refractivity contribution in [2.45, 2.75) is 20.0 Å². The molecule has 0 spiro atoms. The Morgan fingerprint density at radius 1 is 1.08 bits per heavy atom. The second-order valence-corrected chi connectivity index (χ2v) is 5.13. The number of methoxy groups -OCH3 is 1. The van der Waals surface area contributed by atoms with Crippen molar-refractivity contribution in [2.75, 3.05) is 13.7 Å². The molecule has 0 amide bonds. The van der Waals surface area contributed by atoms with E-state index in [1.54, 1.807) is 7.11 Å². The highest BCUT2D eigenvalue weighted by Gasteiger charge is 2.05. The smallest absolute Gasteiger partial charge is 0.191 e. The van der Waals surface area contributed by atoms with Crippen LogP contribution in [0.3, 0.4) is 0 Å². The van der Waals surface area contributed by atoms with E-state index in [-0.39, 0.29) is 36.1 Å². The molecule has 136 valence electrons. The molecule has 2 aromatic carbocycles. The molecule has 2 rings (SSSR count). The molecule has 2 N–H and O–H groups in total. The van der Waals surface area contributed by atoms with Gasteiger partial charge in [0.1, 0.15) is 17.4 Å². The normalized spacial score (nSPS) is 10.8. The molecule has 0 saturated heterocycles. The summed E-state index contributed by atoms with van der Waals surface area (Å²) in [5.74, 6) is 0.412. The van der Waals surface area contributed by atoms with Crippen molar-refractivity contribution >= 4 is 29.9 Å². The molecule has 2 aromatic rings. The van der Waals surface area contributed by atoms with Crippen molar-refractivity contribution in [2.24, 2.45) is 4.99 Å². The minimum Gasteiger partial charge on any atom is -0.497 e. The molecule has 0 saturated carbocycles. The van der Waals surface area contributed by atoms with E-state index in [2.05, 4.69) is 15.6 Å². The van der Waals surface area contributed by atoms with Crippen molar-refractivity contribution in [1.29, 1.82) is 0 Å². The summed E-state index contributed by atoms with van der Waals surface area (Å²) in [6, 6.07) is 11.0. The standard InChI is InChI=1S/C18H21F2N3O.HI/c1-3-21-18(22-11-13-4-7-16(24-2)8-5-13)23-12-14-10-15(19)6-9-17(14)20;/h4-10H,3,11-12H2,1-2H3,(H2,21,22,23);1H. The van der Waals surface area contributed by atoms with Crippen molar-refractivity contribution in [1.82, 2.24) is 10.6 Å². The first-order chi connectivity index (χ1) is 11.6. The predicted molar refractivity (Wildman–Crippen MR) is 106 cm³/mol. The van der Waals surface area contributed by atoms with E-state index in [9.17, 15) is 8.78 Å². The molecule has 25 heavy (non-hydrogen) atoms. The molecule has 0 atom stereocenters. The molecule has 0 aromatic heterocycles. The SMILES string of the molecule is CCNC(=NCc1ccc(OC)cc1)NCc1cc(F)ccc1F.I. The summed E-state index contributed by atoms with van der Waals surface area (Å²) >= 11 is 0. The van der Waals surface area contributed by atoms with Crippen molar-refractivity contribution in [3.05, 3.63) is 65.2 Å². The Balaban J connectivity index is 0.00000312. The van der Waals surface area contributed by atoms with Gasteiger partial charge in [0.15, 0.2) is 5.96 Å². The van der Waals surface area contributed by atoms with Crippen LogP contribution in [0.1, 0.15) is 18.1 Å². The van der Waals surface area contributed by atoms with E-state index < -0.39 is 11.6 Å². The molecule has 0 aliphatic carbocycles. The fourth-order valence-corrected chi connectivity index (χ4v) is 2.10. The van der Waals surface area contributed by atoms with Gasteiger partial charge in [0, 0.05) is 18.7 Å². The molecule has 0 heterocycles. The Morgan fingerprint density at radius 2 is 1.80 bits per heavy atom. The zero-order chi connectivity index (χ0) is 17.4. The van der Waals surface area contributed by atoms with Gasteiger partial charge in [-0.1, -0.05) is 12.1 Å². The van der Waals surface area contributed by atoms with Gasteiger partial charge < -0.3 is 15.4 Å². The average molecular weight is 461 g/mol. The number of halogens is 3. The van der Waals surface area contributed by atoms with E-state index in [0.717, 1.165) is 23.4 Å². The van der Waals surface area contributed by atoms with Crippen LogP contribution in [0, 0.1) is 11.6 Å².